The first-order chi connectivity index (χ1) is 10.1. The summed E-state index contributed by atoms with van der Waals surface area (Å²) in [5, 5.41) is 3.73. The first-order valence-corrected chi connectivity index (χ1v) is 9.12. The zero-order valence-electron chi connectivity index (χ0n) is 14.9. The molecule has 1 saturated carbocycles. The van der Waals surface area contributed by atoms with Crippen LogP contribution in [0.5, 0.6) is 0 Å². The van der Waals surface area contributed by atoms with E-state index < -0.39 is 0 Å². The number of rotatable bonds is 11. The standard InChI is InChI=1S/C18H38N2O/c1-5-20(12-13-21-6-2)16-18(10-8-7-9-11-18)15-19-14-17(3)4/h17,19H,5-16H2,1-4H3. The third kappa shape index (κ3) is 7.62. The summed E-state index contributed by atoms with van der Waals surface area (Å²) in [7, 11) is 0. The quantitative estimate of drug-likeness (QED) is 0.591. The van der Waals surface area contributed by atoms with Crippen LogP contribution in [-0.4, -0.2) is 50.8 Å². The second kappa shape index (κ2) is 10.6. The Morgan fingerprint density at radius 2 is 1.86 bits per heavy atom. The molecule has 0 bridgehead atoms. The van der Waals surface area contributed by atoms with E-state index in [0.29, 0.717) is 5.41 Å². The summed E-state index contributed by atoms with van der Waals surface area (Å²) in [6, 6.07) is 0. The van der Waals surface area contributed by atoms with Crippen molar-refractivity contribution >= 4 is 0 Å². The molecule has 1 aliphatic carbocycles. The van der Waals surface area contributed by atoms with Crippen LogP contribution in [0.1, 0.15) is 59.8 Å². The highest BCUT2D eigenvalue weighted by Crippen LogP contribution is 2.36. The average Bonchev–Trinajstić information content (AvgIpc) is 2.47. The van der Waals surface area contributed by atoms with Crippen molar-refractivity contribution in [3.05, 3.63) is 0 Å². The largest absolute Gasteiger partial charge is 0.380 e. The lowest BCUT2D eigenvalue weighted by atomic mass is 9.73. The third-order valence-electron chi connectivity index (χ3n) is 4.73. The minimum Gasteiger partial charge on any atom is -0.380 e. The minimum absolute atomic E-state index is 0.495. The van der Waals surface area contributed by atoms with Crippen molar-refractivity contribution in [1.82, 2.24) is 10.2 Å². The van der Waals surface area contributed by atoms with E-state index in [1.165, 1.54) is 45.2 Å². The van der Waals surface area contributed by atoms with Gasteiger partial charge in [0.05, 0.1) is 6.61 Å². The fraction of sp³-hybridized carbons (Fsp3) is 1.00. The lowest BCUT2D eigenvalue weighted by Crippen LogP contribution is -2.46. The summed E-state index contributed by atoms with van der Waals surface area (Å²) in [6.07, 6.45) is 7.03. The Balaban J connectivity index is 2.49. The molecule has 0 saturated heterocycles. The maximum Gasteiger partial charge on any atom is 0.0593 e. The van der Waals surface area contributed by atoms with E-state index >= 15 is 0 Å². The lowest BCUT2D eigenvalue weighted by Gasteiger charge is -2.41. The Morgan fingerprint density at radius 1 is 1.14 bits per heavy atom. The molecule has 21 heavy (non-hydrogen) atoms. The van der Waals surface area contributed by atoms with Crippen LogP contribution in [0.3, 0.4) is 0 Å². The molecule has 1 rings (SSSR count). The van der Waals surface area contributed by atoms with Gasteiger partial charge in [0.15, 0.2) is 0 Å². The van der Waals surface area contributed by atoms with Gasteiger partial charge in [-0.2, -0.15) is 0 Å². The Labute approximate surface area is 132 Å². The van der Waals surface area contributed by atoms with Crippen LogP contribution in [0.4, 0.5) is 0 Å². The Morgan fingerprint density at radius 3 is 2.43 bits per heavy atom. The summed E-state index contributed by atoms with van der Waals surface area (Å²) in [5.41, 5.74) is 0.495. The molecule has 1 aliphatic rings. The van der Waals surface area contributed by atoms with Gasteiger partial charge in [0, 0.05) is 26.2 Å². The molecule has 1 N–H and O–H groups in total. The topological polar surface area (TPSA) is 24.5 Å². The molecular weight excluding hydrogens is 260 g/mol. The van der Waals surface area contributed by atoms with Crippen LogP contribution in [0, 0.1) is 11.3 Å². The van der Waals surface area contributed by atoms with Gasteiger partial charge < -0.3 is 15.0 Å². The molecule has 3 nitrogen and oxygen atoms in total. The van der Waals surface area contributed by atoms with Crippen molar-refractivity contribution in [2.45, 2.75) is 59.8 Å². The van der Waals surface area contributed by atoms with Crippen molar-refractivity contribution in [2.75, 3.05) is 45.9 Å². The number of nitrogens with one attached hydrogen (secondary N) is 1. The first kappa shape index (κ1) is 18.9. The van der Waals surface area contributed by atoms with Crippen LogP contribution < -0.4 is 5.32 Å². The van der Waals surface area contributed by atoms with E-state index in [1.54, 1.807) is 0 Å². The van der Waals surface area contributed by atoms with Gasteiger partial charge in [-0.1, -0.05) is 40.0 Å². The van der Waals surface area contributed by atoms with Crippen LogP contribution in [-0.2, 0) is 4.74 Å². The zero-order chi connectivity index (χ0) is 15.6. The zero-order valence-corrected chi connectivity index (χ0v) is 14.9. The monoisotopic (exact) mass is 298 g/mol. The Bertz CT molecular complexity index is 250. The van der Waals surface area contributed by atoms with Crippen LogP contribution in [0.15, 0.2) is 0 Å². The minimum atomic E-state index is 0.495. The van der Waals surface area contributed by atoms with Crippen molar-refractivity contribution in [3.63, 3.8) is 0 Å². The smallest absolute Gasteiger partial charge is 0.0593 e. The second-order valence-electron chi connectivity index (χ2n) is 7.15. The van der Waals surface area contributed by atoms with E-state index in [4.69, 9.17) is 4.74 Å². The van der Waals surface area contributed by atoms with E-state index in [0.717, 1.165) is 38.8 Å². The molecule has 3 heteroatoms. The molecule has 0 aromatic rings. The van der Waals surface area contributed by atoms with Gasteiger partial charge in [-0.25, -0.2) is 0 Å². The molecule has 0 aromatic heterocycles. The molecule has 0 radical (unpaired) electrons. The van der Waals surface area contributed by atoms with Gasteiger partial charge >= 0.3 is 0 Å². The predicted molar refractivity (Wildman–Crippen MR) is 91.8 cm³/mol. The third-order valence-corrected chi connectivity index (χ3v) is 4.73. The second-order valence-corrected chi connectivity index (χ2v) is 7.15. The molecule has 0 spiro atoms. The highest BCUT2D eigenvalue weighted by Gasteiger charge is 2.33. The van der Waals surface area contributed by atoms with E-state index in [-0.39, 0.29) is 0 Å². The summed E-state index contributed by atoms with van der Waals surface area (Å²) in [4.78, 5) is 2.60. The summed E-state index contributed by atoms with van der Waals surface area (Å²) in [5.74, 6) is 0.742. The highest BCUT2D eigenvalue weighted by atomic mass is 16.5. The van der Waals surface area contributed by atoms with E-state index in [1.807, 2.05) is 0 Å². The molecule has 0 amide bonds. The molecule has 0 atom stereocenters. The number of ether oxygens (including phenoxy) is 1. The fourth-order valence-electron chi connectivity index (χ4n) is 3.48. The van der Waals surface area contributed by atoms with Crippen molar-refractivity contribution in [1.29, 1.82) is 0 Å². The van der Waals surface area contributed by atoms with Gasteiger partial charge in [-0.05, 0) is 44.2 Å². The van der Waals surface area contributed by atoms with Crippen molar-refractivity contribution in [2.24, 2.45) is 11.3 Å². The highest BCUT2D eigenvalue weighted by molar-refractivity contribution is 4.88. The molecule has 126 valence electrons. The molecule has 0 aromatic carbocycles. The average molecular weight is 299 g/mol. The summed E-state index contributed by atoms with van der Waals surface area (Å²) >= 11 is 0. The lowest BCUT2D eigenvalue weighted by molar-refractivity contribution is 0.0703. The number of hydrogen-bond donors (Lipinski definition) is 1. The molecule has 0 unspecified atom stereocenters. The normalized spacial score (nSPS) is 18.6. The van der Waals surface area contributed by atoms with Crippen molar-refractivity contribution in [3.8, 4) is 0 Å². The van der Waals surface area contributed by atoms with Crippen LogP contribution >= 0.6 is 0 Å². The number of hydrogen-bond acceptors (Lipinski definition) is 3. The predicted octanol–water partition coefficient (Wildman–Crippen LogP) is 3.54. The van der Waals surface area contributed by atoms with Gasteiger partial charge in [0.1, 0.15) is 0 Å². The van der Waals surface area contributed by atoms with Crippen LogP contribution in [0.2, 0.25) is 0 Å². The fourth-order valence-corrected chi connectivity index (χ4v) is 3.48. The summed E-state index contributed by atoms with van der Waals surface area (Å²) < 4.78 is 5.54. The first-order valence-electron chi connectivity index (χ1n) is 9.12. The van der Waals surface area contributed by atoms with E-state index in [2.05, 4.69) is 37.9 Å². The molecule has 0 aliphatic heterocycles. The SMILES string of the molecule is CCOCCN(CC)CC1(CNCC(C)C)CCCCC1. The summed E-state index contributed by atoms with van der Waals surface area (Å²) in [6.45, 7) is 16.4. The van der Waals surface area contributed by atoms with E-state index in [9.17, 15) is 0 Å². The van der Waals surface area contributed by atoms with Gasteiger partial charge in [-0.15, -0.1) is 0 Å². The Kier molecular flexibility index (Phi) is 9.54. The molecular formula is C18H38N2O. The Hall–Kier alpha value is -0.120. The van der Waals surface area contributed by atoms with Crippen molar-refractivity contribution < 1.29 is 4.74 Å². The maximum atomic E-state index is 5.54. The maximum absolute atomic E-state index is 5.54. The number of likely N-dealkylation sites (N-methyl/N-ethyl adjacent to an activating group) is 1. The van der Waals surface area contributed by atoms with Gasteiger partial charge in [-0.3, -0.25) is 0 Å². The van der Waals surface area contributed by atoms with Gasteiger partial charge in [0.25, 0.3) is 0 Å². The van der Waals surface area contributed by atoms with Crippen LogP contribution in [0.25, 0.3) is 0 Å². The number of nitrogens with zero attached hydrogens (tertiary/aromatic N) is 1. The molecule has 1 fully saturated rings. The van der Waals surface area contributed by atoms with Gasteiger partial charge in [0.2, 0.25) is 0 Å². The molecule has 0 heterocycles.